The largest absolute Gasteiger partial charge is 0.424 e. The number of hydrogen-bond acceptors (Lipinski definition) is 9. The van der Waals surface area contributed by atoms with E-state index in [1.54, 1.807) is 0 Å². The topological polar surface area (TPSA) is 88.6 Å². The number of rotatable bonds is 6. The summed E-state index contributed by atoms with van der Waals surface area (Å²) in [6.45, 7) is 25.8. The molecule has 0 bridgehead atoms. The quantitative estimate of drug-likeness (QED) is 0.158. The zero-order chi connectivity index (χ0) is 39.0. The molecule has 0 aromatic heterocycles. The second kappa shape index (κ2) is 14.6. The maximum absolute atomic E-state index is 14.1. The lowest BCUT2D eigenvalue weighted by atomic mass is 9.74. The first-order valence-electron chi connectivity index (χ1n) is 18.0. The summed E-state index contributed by atoms with van der Waals surface area (Å²) in [5.74, 6) is -1.28. The van der Waals surface area contributed by atoms with Crippen LogP contribution >= 0.6 is 67.8 Å². The van der Waals surface area contributed by atoms with Crippen LogP contribution in [-0.2, 0) is 14.4 Å². The van der Waals surface area contributed by atoms with Crippen molar-refractivity contribution in [1.29, 1.82) is 0 Å². The number of halogens is 3. The van der Waals surface area contributed by atoms with Gasteiger partial charge in [-0.05, 0) is 211 Å². The Morgan fingerprint density at radius 1 is 0.431 bits per heavy atom. The number of carbonyl (C=O) groups is 3. The van der Waals surface area contributed by atoms with Crippen LogP contribution in [0.2, 0.25) is 0 Å². The lowest BCUT2D eigenvalue weighted by Gasteiger charge is -2.53. The first kappa shape index (κ1) is 43.4. The van der Waals surface area contributed by atoms with Crippen LogP contribution in [0.25, 0.3) is 0 Å². The monoisotopic (exact) mass is 1050 g/mol. The molecule has 0 amide bonds. The predicted octanol–water partition coefficient (Wildman–Crippen LogP) is 8.91. The Kier molecular flexibility index (Phi) is 12.5. The summed E-state index contributed by atoms with van der Waals surface area (Å²) in [6, 6.07) is 0. The van der Waals surface area contributed by atoms with E-state index >= 15 is 0 Å². The van der Waals surface area contributed by atoms with Crippen LogP contribution in [-0.4, -0.2) is 87.0 Å². The normalized spacial score (nSPS) is 25.3. The van der Waals surface area contributed by atoms with E-state index < -0.39 is 0 Å². The molecule has 3 heterocycles. The smallest absolute Gasteiger partial charge is 0.314 e. The summed E-state index contributed by atoms with van der Waals surface area (Å²) in [5, 5.41) is 0. The predicted molar refractivity (Wildman–Crippen MR) is 227 cm³/mol. The zero-order valence-electron chi connectivity index (χ0n) is 33.4. The number of esters is 3. The number of likely N-dealkylation sites (tertiary alicyclic amines) is 3. The molecule has 12 heteroatoms. The molecule has 1 aromatic rings. The van der Waals surface area contributed by atoms with Crippen molar-refractivity contribution in [1.82, 2.24) is 14.7 Å². The molecule has 0 saturated carbocycles. The minimum absolute atomic E-state index is 0.218. The average Bonchev–Trinajstić information content (AvgIpc) is 2.98. The second-order valence-electron chi connectivity index (χ2n) is 19.1. The highest BCUT2D eigenvalue weighted by molar-refractivity contribution is 14.1. The van der Waals surface area contributed by atoms with Gasteiger partial charge in [-0.1, -0.05) is 0 Å². The van der Waals surface area contributed by atoms with Gasteiger partial charge in [0, 0.05) is 33.2 Å². The number of ether oxygens (including phenoxy) is 3. The molecule has 51 heavy (non-hydrogen) atoms. The molecule has 3 aliphatic rings. The van der Waals surface area contributed by atoms with Crippen molar-refractivity contribution in [2.75, 3.05) is 21.1 Å². The Hall–Kier alpha value is -0.300. The third kappa shape index (κ3) is 8.75. The summed E-state index contributed by atoms with van der Waals surface area (Å²) in [5.41, 5.74) is -1.31. The standard InChI is InChI=1S/C39H60I3N3O6/c1-34(2)16-22(17-35(3,4)43(34)13)31(46)49-28-25(40)29(50-32(47)23-18-36(5,6)44(14)37(7,8)19-23)27(42)30(26(28)41)51-33(48)24-20-38(9,10)45(15)39(11,12)21-24/h22-24H,16-21H2,1-15H3. The number of carbonyl (C=O) groups excluding carboxylic acids is 3. The van der Waals surface area contributed by atoms with E-state index in [-0.39, 0.29) is 86.1 Å². The molecule has 4 rings (SSSR count). The first-order chi connectivity index (χ1) is 22.9. The Bertz CT molecular complexity index is 1310. The van der Waals surface area contributed by atoms with Crippen LogP contribution in [0.5, 0.6) is 17.2 Å². The molecular weight excluding hydrogens is 987 g/mol. The van der Waals surface area contributed by atoms with Gasteiger partial charge in [0.15, 0.2) is 17.2 Å². The molecule has 3 fully saturated rings. The SMILES string of the molecule is CN1C(C)(C)CC(C(=O)Oc2c(I)c(OC(=O)C3CC(C)(C)N(C)C(C)(C)C3)c(I)c(OC(=O)C3CC(C)(C)N(C)C(C)(C)C3)c2I)CC1(C)C. The maximum Gasteiger partial charge on any atom is 0.314 e. The highest BCUT2D eigenvalue weighted by atomic mass is 127. The molecule has 0 atom stereocenters. The highest BCUT2D eigenvalue weighted by Gasteiger charge is 2.49. The Morgan fingerprint density at radius 2 is 0.588 bits per heavy atom. The number of piperidine rings is 3. The molecule has 1 aromatic carbocycles. The molecule has 0 radical (unpaired) electrons. The molecular formula is C39H60I3N3O6. The third-order valence-electron chi connectivity index (χ3n) is 12.7. The van der Waals surface area contributed by atoms with Crippen molar-refractivity contribution >= 4 is 85.7 Å². The van der Waals surface area contributed by atoms with Gasteiger partial charge in [0.1, 0.15) is 10.7 Å². The van der Waals surface area contributed by atoms with Crippen molar-refractivity contribution in [3.05, 3.63) is 10.7 Å². The summed E-state index contributed by atoms with van der Waals surface area (Å²) >= 11 is 6.34. The van der Waals surface area contributed by atoms with Crippen molar-refractivity contribution in [2.45, 2.75) is 155 Å². The second-order valence-corrected chi connectivity index (χ2v) is 22.3. The molecule has 288 valence electrons. The van der Waals surface area contributed by atoms with Gasteiger partial charge in [-0.2, -0.15) is 0 Å². The van der Waals surface area contributed by atoms with Gasteiger partial charge < -0.3 is 14.2 Å². The molecule has 3 aliphatic heterocycles. The third-order valence-corrected chi connectivity index (χ3v) is 15.7. The van der Waals surface area contributed by atoms with Crippen LogP contribution in [0, 0.1) is 28.5 Å². The average molecular weight is 1050 g/mol. The number of benzene rings is 1. The van der Waals surface area contributed by atoms with Crippen molar-refractivity contribution < 1.29 is 28.6 Å². The fourth-order valence-electron chi connectivity index (χ4n) is 9.03. The van der Waals surface area contributed by atoms with E-state index in [1.165, 1.54) is 0 Å². The lowest BCUT2D eigenvalue weighted by molar-refractivity contribution is -0.146. The van der Waals surface area contributed by atoms with E-state index in [0.29, 0.717) is 49.2 Å². The molecule has 0 unspecified atom stereocenters. The summed E-state index contributed by atoms with van der Waals surface area (Å²) < 4.78 is 20.5. The Labute approximate surface area is 347 Å². The van der Waals surface area contributed by atoms with Gasteiger partial charge in [0.05, 0.1) is 17.8 Å². The van der Waals surface area contributed by atoms with Gasteiger partial charge in [-0.15, -0.1) is 0 Å². The first-order valence-corrected chi connectivity index (χ1v) is 21.3. The molecule has 3 saturated heterocycles. The maximum atomic E-state index is 14.1. The highest BCUT2D eigenvalue weighted by Crippen LogP contribution is 2.49. The Balaban J connectivity index is 1.75. The van der Waals surface area contributed by atoms with Gasteiger partial charge in [-0.3, -0.25) is 29.1 Å². The van der Waals surface area contributed by atoms with E-state index in [1.807, 2.05) is 0 Å². The molecule has 0 aliphatic carbocycles. The van der Waals surface area contributed by atoms with Gasteiger partial charge in [0.25, 0.3) is 0 Å². The van der Waals surface area contributed by atoms with Gasteiger partial charge >= 0.3 is 17.9 Å². The summed E-state index contributed by atoms with van der Waals surface area (Å²) in [6.07, 6.45) is 3.81. The van der Waals surface area contributed by atoms with E-state index in [4.69, 9.17) is 14.2 Å². The molecule has 0 spiro atoms. The van der Waals surface area contributed by atoms with Crippen LogP contribution in [0.15, 0.2) is 0 Å². The number of nitrogens with zero attached hydrogens (tertiary/aromatic N) is 3. The van der Waals surface area contributed by atoms with E-state index in [2.05, 4.69) is 187 Å². The van der Waals surface area contributed by atoms with Crippen molar-refractivity contribution in [3.63, 3.8) is 0 Å². The molecule has 9 nitrogen and oxygen atoms in total. The lowest BCUT2D eigenvalue weighted by Crippen LogP contribution is -2.59. The van der Waals surface area contributed by atoms with Crippen LogP contribution < -0.4 is 14.2 Å². The van der Waals surface area contributed by atoms with Crippen molar-refractivity contribution in [3.8, 4) is 17.2 Å². The minimum atomic E-state index is -0.346. The van der Waals surface area contributed by atoms with Crippen LogP contribution in [0.4, 0.5) is 0 Å². The van der Waals surface area contributed by atoms with Crippen LogP contribution in [0.3, 0.4) is 0 Å². The minimum Gasteiger partial charge on any atom is -0.424 e. The zero-order valence-corrected chi connectivity index (χ0v) is 39.9. The summed E-state index contributed by atoms with van der Waals surface area (Å²) in [4.78, 5) is 49.2. The van der Waals surface area contributed by atoms with E-state index in [0.717, 1.165) is 0 Å². The number of hydrogen-bond donors (Lipinski definition) is 0. The molecule has 0 N–H and O–H groups in total. The summed E-state index contributed by atoms with van der Waals surface area (Å²) in [7, 11) is 6.31. The van der Waals surface area contributed by atoms with Gasteiger partial charge in [0.2, 0.25) is 0 Å². The van der Waals surface area contributed by atoms with Gasteiger partial charge in [-0.25, -0.2) is 0 Å². The van der Waals surface area contributed by atoms with Crippen LogP contribution in [0.1, 0.15) is 122 Å². The van der Waals surface area contributed by atoms with Crippen molar-refractivity contribution in [2.24, 2.45) is 17.8 Å². The fraction of sp³-hybridized carbons (Fsp3) is 0.769. The Morgan fingerprint density at radius 3 is 0.745 bits per heavy atom. The fourth-order valence-corrected chi connectivity index (χ4v) is 12.9. The van der Waals surface area contributed by atoms with E-state index in [9.17, 15) is 14.4 Å².